The Kier molecular flexibility index (Phi) is 8.85. The SMILES string of the molecule is CC(=O)NC1(c2ccccc2)CCN(CC2CC2(C(=O)N(C)Cc2ccc(C(F)(F)F)cc2)c2ccc(Cl)c(Cl)c2)CC1. The number of carbonyl (C=O) groups excluding carboxylic acids is 2. The van der Waals surface area contributed by atoms with Crippen molar-refractivity contribution in [2.45, 2.75) is 49.9 Å². The fraction of sp³-hybridized carbons (Fsp3) is 0.394. The molecule has 2 amide bonds. The van der Waals surface area contributed by atoms with E-state index in [4.69, 9.17) is 23.2 Å². The molecule has 5 nitrogen and oxygen atoms in total. The summed E-state index contributed by atoms with van der Waals surface area (Å²) < 4.78 is 39.1. The number of carbonyl (C=O) groups is 2. The maximum absolute atomic E-state index is 14.1. The molecule has 0 bridgehead atoms. The van der Waals surface area contributed by atoms with Crippen molar-refractivity contribution in [1.82, 2.24) is 15.1 Å². The van der Waals surface area contributed by atoms with Gasteiger partial charge in [0.15, 0.2) is 0 Å². The van der Waals surface area contributed by atoms with E-state index in [1.807, 2.05) is 36.4 Å². The number of alkyl halides is 3. The lowest BCUT2D eigenvalue weighted by atomic mass is 9.80. The molecule has 3 aromatic rings. The van der Waals surface area contributed by atoms with Crippen LogP contribution in [-0.2, 0) is 33.3 Å². The zero-order valence-electron chi connectivity index (χ0n) is 24.1. The van der Waals surface area contributed by atoms with Gasteiger partial charge in [-0.05, 0) is 66.1 Å². The first-order valence-corrected chi connectivity index (χ1v) is 15.0. The summed E-state index contributed by atoms with van der Waals surface area (Å²) in [6.45, 7) is 3.90. The molecule has 1 aliphatic carbocycles. The summed E-state index contributed by atoms with van der Waals surface area (Å²) in [5, 5.41) is 3.97. The molecule has 1 saturated carbocycles. The molecule has 2 fully saturated rings. The number of likely N-dealkylation sites (tertiary alicyclic amines) is 1. The molecule has 0 spiro atoms. The van der Waals surface area contributed by atoms with Crippen LogP contribution in [0.15, 0.2) is 72.8 Å². The normalized spacial score (nSPS) is 21.7. The van der Waals surface area contributed by atoms with Gasteiger partial charge in [-0.15, -0.1) is 0 Å². The van der Waals surface area contributed by atoms with Crippen molar-refractivity contribution in [3.8, 4) is 0 Å². The lowest BCUT2D eigenvalue weighted by Crippen LogP contribution is -2.53. The van der Waals surface area contributed by atoms with Gasteiger partial charge in [-0.1, -0.05) is 71.7 Å². The minimum absolute atomic E-state index is 0.0114. The molecule has 10 heteroatoms. The van der Waals surface area contributed by atoms with E-state index in [-0.39, 0.29) is 24.3 Å². The van der Waals surface area contributed by atoms with Gasteiger partial charge in [0.1, 0.15) is 0 Å². The Morgan fingerprint density at radius 1 is 0.953 bits per heavy atom. The Morgan fingerprint density at radius 2 is 1.60 bits per heavy atom. The van der Waals surface area contributed by atoms with E-state index in [2.05, 4.69) is 10.2 Å². The van der Waals surface area contributed by atoms with Crippen LogP contribution in [0.2, 0.25) is 10.0 Å². The fourth-order valence-corrected chi connectivity index (χ4v) is 6.86. The number of amides is 2. The molecule has 1 heterocycles. The van der Waals surface area contributed by atoms with Gasteiger partial charge in [0.05, 0.1) is 26.6 Å². The highest BCUT2D eigenvalue weighted by Crippen LogP contribution is 2.57. The number of piperidine rings is 1. The number of benzene rings is 3. The first kappa shape index (κ1) is 31.4. The van der Waals surface area contributed by atoms with E-state index < -0.39 is 22.7 Å². The third-order valence-corrected chi connectivity index (χ3v) is 9.64. The minimum Gasteiger partial charge on any atom is -0.347 e. The molecular formula is C33H34Cl2F3N3O2. The predicted molar refractivity (Wildman–Crippen MR) is 162 cm³/mol. The summed E-state index contributed by atoms with van der Waals surface area (Å²) >= 11 is 12.6. The summed E-state index contributed by atoms with van der Waals surface area (Å²) in [7, 11) is 1.68. The van der Waals surface area contributed by atoms with Crippen LogP contribution in [0.1, 0.15) is 48.4 Å². The summed E-state index contributed by atoms with van der Waals surface area (Å²) in [6.07, 6.45) is -2.32. The van der Waals surface area contributed by atoms with Crippen LogP contribution in [0, 0.1) is 5.92 Å². The quantitative estimate of drug-likeness (QED) is 0.290. The van der Waals surface area contributed by atoms with Crippen LogP contribution < -0.4 is 5.32 Å². The molecule has 3 aromatic carbocycles. The van der Waals surface area contributed by atoms with Gasteiger partial charge in [0.2, 0.25) is 11.8 Å². The van der Waals surface area contributed by atoms with Gasteiger partial charge in [0.25, 0.3) is 0 Å². The average Bonchev–Trinajstić information content (AvgIpc) is 3.69. The van der Waals surface area contributed by atoms with E-state index in [9.17, 15) is 22.8 Å². The van der Waals surface area contributed by atoms with Gasteiger partial charge < -0.3 is 15.1 Å². The zero-order chi connectivity index (χ0) is 31.0. The minimum atomic E-state index is -4.42. The van der Waals surface area contributed by atoms with Gasteiger partial charge >= 0.3 is 6.18 Å². The smallest absolute Gasteiger partial charge is 0.347 e. The molecule has 0 aromatic heterocycles. The first-order valence-electron chi connectivity index (χ1n) is 14.3. The molecule has 1 N–H and O–H groups in total. The van der Waals surface area contributed by atoms with E-state index >= 15 is 0 Å². The van der Waals surface area contributed by atoms with E-state index in [1.54, 1.807) is 31.0 Å². The Morgan fingerprint density at radius 3 is 2.19 bits per heavy atom. The second-order valence-electron chi connectivity index (χ2n) is 11.8. The average molecular weight is 633 g/mol. The molecule has 2 unspecified atom stereocenters. The number of nitrogens with one attached hydrogen (secondary N) is 1. The van der Waals surface area contributed by atoms with Crippen LogP contribution >= 0.6 is 23.2 Å². The van der Waals surface area contributed by atoms with Crippen molar-refractivity contribution in [3.05, 3.63) is 105 Å². The lowest BCUT2D eigenvalue weighted by Gasteiger charge is -2.43. The third-order valence-electron chi connectivity index (χ3n) is 8.90. The van der Waals surface area contributed by atoms with Gasteiger partial charge in [-0.25, -0.2) is 0 Å². The topological polar surface area (TPSA) is 52.7 Å². The Hall–Kier alpha value is -3.07. The second-order valence-corrected chi connectivity index (χ2v) is 12.6. The second kappa shape index (κ2) is 12.1. The molecule has 5 rings (SSSR count). The standard InChI is InChI=1S/C33H34Cl2F3N3O2/c1-22(42)39-31(24-6-4-3-5-7-24)14-16-41(17-15-31)21-27-19-32(27,26-12-13-28(34)29(35)18-26)30(43)40(2)20-23-8-10-25(11-9-23)33(36,37)38/h3-13,18,27H,14-17,19-21H2,1-2H3,(H,39,42). The van der Waals surface area contributed by atoms with Crippen molar-refractivity contribution in [1.29, 1.82) is 0 Å². The number of hydrogen-bond donors (Lipinski definition) is 1. The molecular weight excluding hydrogens is 598 g/mol. The first-order chi connectivity index (χ1) is 20.3. The number of rotatable bonds is 8. The maximum atomic E-state index is 14.1. The molecule has 2 aliphatic rings. The van der Waals surface area contributed by atoms with E-state index in [1.165, 1.54) is 12.1 Å². The number of halogens is 5. The van der Waals surface area contributed by atoms with Crippen molar-refractivity contribution in [3.63, 3.8) is 0 Å². The molecule has 1 aliphatic heterocycles. The Labute approximate surface area is 260 Å². The van der Waals surface area contributed by atoms with Gasteiger partial charge in [0, 0.05) is 40.2 Å². The monoisotopic (exact) mass is 631 g/mol. The van der Waals surface area contributed by atoms with Crippen LogP contribution in [0.4, 0.5) is 13.2 Å². The van der Waals surface area contributed by atoms with E-state index in [0.29, 0.717) is 28.6 Å². The highest BCUT2D eigenvalue weighted by atomic mass is 35.5. The van der Waals surface area contributed by atoms with Crippen molar-refractivity contribution < 1.29 is 22.8 Å². The number of hydrogen-bond acceptors (Lipinski definition) is 3. The van der Waals surface area contributed by atoms with Gasteiger partial charge in [-0.2, -0.15) is 13.2 Å². The summed E-state index contributed by atoms with van der Waals surface area (Å²) in [5.41, 5.74) is 0.491. The van der Waals surface area contributed by atoms with Crippen molar-refractivity contribution in [2.24, 2.45) is 5.92 Å². The third kappa shape index (κ3) is 6.56. The zero-order valence-corrected chi connectivity index (χ0v) is 25.6. The van der Waals surface area contributed by atoms with E-state index in [0.717, 1.165) is 49.2 Å². The van der Waals surface area contributed by atoms with Crippen molar-refractivity contribution in [2.75, 3.05) is 26.7 Å². The van der Waals surface area contributed by atoms with Crippen molar-refractivity contribution >= 4 is 35.0 Å². The lowest BCUT2D eigenvalue weighted by molar-refractivity contribution is -0.137. The summed E-state index contributed by atoms with van der Waals surface area (Å²) in [5.74, 6) is -0.165. The van der Waals surface area contributed by atoms with Crippen LogP contribution in [0.25, 0.3) is 0 Å². The fourth-order valence-electron chi connectivity index (χ4n) is 6.56. The highest BCUT2D eigenvalue weighted by Gasteiger charge is 2.62. The largest absolute Gasteiger partial charge is 0.416 e. The number of nitrogens with zero attached hydrogens (tertiary/aromatic N) is 2. The molecule has 1 saturated heterocycles. The van der Waals surface area contributed by atoms with Crippen LogP contribution in [-0.4, -0.2) is 48.3 Å². The maximum Gasteiger partial charge on any atom is 0.416 e. The predicted octanol–water partition coefficient (Wildman–Crippen LogP) is 7.06. The summed E-state index contributed by atoms with van der Waals surface area (Å²) in [6, 6.07) is 20.2. The highest BCUT2D eigenvalue weighted by molar-refractivity contribution is 6.42. The van der Waals surface area contributed by atoms with Gasteiger partial charge in [-0.3, -0.25) is 9.59 Å². The molecule has 228 valence electrons. The van der Waals surface area contributed by atoms with Crippen LogP contribution in [0.5, 0.6) is 0 Å². The van der Waals surface area contributed by atoms with Crippen LogP contribution in [0.3, 0.4) is 0 Å². The molecule has 0 radical (unpaired) electrons. The number of likely N-dealkylation sites (N-methyl/N-ethyl adjacent to an activating group) is 1. The Bertz CT molecular complexity index is 1470. The molecule has 2 atom stereocenters. The molecule has 43 heavy (non-hydrogen) atoms. The summed E-state index contributed by atoms with van der Waals surface area (Å²) in [4.78, 5) is 30.2. The Balaban J connectivity index is 1.33.